The molecule has 0 heterocycles. The SMILES string of the molecule is [2H]C1=C(C([2H])([2H])[2H])C([2H])([2H])C([2H])([2H])[C@@]([2H])(NC(=O)OC(C)(C)C)C1([2H])[2H]. The van der Waals surface area contributed by atoms with Gasteiger partial charge in [-0.05, 0) is 46.7 Å². The van der Waals surface area contributed by atoms with Crippen molar-refractivity contribution in [1.29, 1.82) is 0 Å². The van der Waals surface area contributed by atoms with Gasteiger partial charge in [-0.15, -0.1) is 0 Å². The van der Waals surface area contributed by atoms with Crippen molar-refractivity contribution in [3.63, 3.8) is 0 Å². The second kappa shape index (κ2) is 4.69. The zero-order valence-corrected chi connectivity index (χ0v) is 8.82. The third-order valence-corrected chi connectivity index (χ3v) is 1.25. The summed E-state index contributed by atoms with van der Waals surface area (Å²) in [6, 6.07) is -4.78. The van der Waals surface area contributed by atoms with Gasteiger partial charge in [0.25, 0.3) is 0 Å². The quantitative estimate of drug-likeness (QED) is 0.693. The molecule has 0 aromatic carbocycles. The van der Waals surface area contributed by atoms with Crippen LogP contribution in [-0.2, 0) is 4.74 Å². The molecule has 86 valence electrons. The highest BCUT2D eigenvalue weighted by molar-refractivity contribution is 5.68. The van der Waals surface area contributed by atoms with Crippen LogP contribution in [0.25, 0.3) is 0 Å². The van der Waals surface area contributed by atoms with Crippen molar-refractivity contribution in [2.24, 2.45) is 0 Å². The lowest BCUT2D eigenvalue weighted by Crippen LogP contribution is -2.39. The highest BCUT2D eigenvalue weighted by Gasteiger charge is 2.20. The molecule has 0 saturated carbocycles. The minimum Gasteiger partial charge on any atom is -0.444 e. The van der Waals surface area contributed by atoms with Crippen LogP contribution in [0.4, 0.5) is 4.79 Å². The van der Waals surface area contributed by atoms with Crippen molar-refractivity contribution in [3.05, 3.63) is 11.6 Å². The van der Waals surface area contributed by atoms with Gasteiger partial charge in [0, 0.05) is 18.4 Å². The molecule has 0 aromatic heterocycles. The zero-order valence-electron chi connectivity index (χ0n) is 19.8. The van der Waals surface area contributed by atoms with E-state index in [9.17, 15) is 4.79 Å². The topological polar surface area (TPSA) is 38.3 Å². The van der Waals surface area contributed by atoms with Crippen LogP contribution < -0.4 is 5.32 Å². The van der Waals surface area contributed by atoms with Gasteiger partial charge in [0.1, 0.15) is 5.60 Å². The van der Waals surface area contributed by atoms with Crippen LogP contribution in [0.3, 0.4) is 0 Å². The maximum Gasteiger partial charge on any atom is 0.407 e. The third-order valence-electron chi connectivity index (χ3n) is 1.25. The lowest BCUT2D eigenvalue weighted by atomic mass is 9.96. The summed E-state index contributed by atoms with van der Waals surface area (Å²) in [7, 11) is 0. The van der Waals surface area contributed by atoms with Crippen molar-refractivity contribution < 1.29 is 24.6 Å². The second-order valence-electron chi connectivity index (χ2n) is 3.88. The average Bonchev–Trinajstić information content (AvgIpc) is 2.31. The summed E-state index contributed by atoms with van der Waals surface area (Å²) in [6.07, 6.45) is -11.7. The van der Waals surface area contributed by atoms with Gasteiger partial charge in [0.15, 0.2) is 0 Å². The first kappa shape index (κ1) is 3.79. The zero-order chi connectivity index (χ0) is 21.1. The van der Waals surface area contributed by atoms with E-state index in [2.05, 4.69) is 0 Å². The Morgan fingerprint density at radius 2 is 2.60 bits per heavy atom. The molecule has 0 fully saturated rings. The second-order valence-corrected chi connectivity index (χ2v) is 3.88. The number of amides is 1. The van der Waals surface area contributed by atoms with Gasteiger partial charge >= 0.3 is 6.09 Å². The fourth-order valence-corrected chi connectivity index (χ4v) is 0.781. The molecule has 1 amide bonds. The number of carbonyl (C=O) groups excluding carboxylic acids is 1. The molecule has 0 aliphatic heterocycles. The number of nitrogens with one attached hydrogen (secondary N) is 1. The summed E-state index contributed by atoms with van der Waals surface area (Å²) >= 11 is 0. The van der Waals surface area contributed by atoms with E-state index in [-0.39, 0.29) is 0 Å². The normalized spacial score (nSPS) is 49.1. The molecule has 0 radical (unpaired) electrons. The Labute approximate surface area is 107 Å². The Hall–Kier alpha value is -0.990. The van der Waals surface area contributed by atoms with Gasteiger partial charge in [0.05, 0.1) is 2.74 Å². The first-order chi connectivity index (χ1) is 11.1. The summed E-state index contributed by atoms with van der Waals surface area (Å²) < 4.78 is 90.7. The van der Waals surface area contributed by atoms with Crippen LogP contribution in [0.1, 0.15) is 61.8 Å². The van der Waals surface area contributed by atoms with E-state index in [4.69, 9.17) is 19.8 Å². The molecule has 1 N–H and O–H groups in total. The molecule has 1 aliphatic rings. The van der Waals surface area contributed by atoms with Gasteiger partial charge in [-0.3, -0.25) is 0 Å². The summed E-state index contributed by atoms with van der Waals surface area (Å²) in [5.41, 5.74) is -2.45. The van der Waals surface area contributed by atoms with Crippen LogP contribution in [0.2, 0.25) is 0 Å². The molecule has 0 spiro atoms. The maximum absolute atomic E-state index is 12.0. The van der Waals surface area contributed by atoms with Gasteiger partial charge < -0.3 is 10.1 Å². The molecule has 1 aliphatic carbocycles. The van der Waals surface area contributed by atoms with E-state index in [1.54, 1.807) is 5.32 Å². The van der Waals surface area contributed by atoms with E-state index in [0.29, 0.717) is 0 Å². The number of alkyl carbamates (subject to hydrolysis) is 1. The molecule has 1 rings (SSSR count). The van der Waals surface area contributed by atoms with Crippen molar-refractivity contribution in [3.8, 4) is 0 Å². The first-order valence-electron chi connectivity index (χ1n) is 9.86. The van der Waals surface area contributed by atoms with Crippen molar-refractivity contribution >= 4 is 6.09 Å². The van der Waals surface area contributed by atoms with Crippen molar-refractivity contribution in [2.75, 3.05) is 0 Å². The van der Waals surface area contributed by atoms with Gasteiger partial charge in [-0.25, -0.2) is 4.79 Å². The molecular formula is C12H21NO2. The predicted molar refractivity (Wildman–Crippen MR) is 60.8 cm³/mol. The van der Waals surface area contributed by atoms with Crippen molar-refractivity contribution in [1.82, 2.24) is 5.32 Å². The monoisotopic (exact) mass is 222 g/mol. The van der Waals surface area contributed by atoms with E-state index in [0.717, 1.165) is 0 Å². The number of allylic oxidation sites excluding steroid dienone is 1. The molecular weight excluding hydrogens is 190 g/mol. The van der Waals surface area contributed by atoms with Crippen LogP contribution in [0.5, 0.6) is 0 Å². The number of hydrogen-bond acceptors (Lipinski definition) is 2. The molecule has 15 heavy (non-hydrogen) atoms. The number of rotatable bonds is 1. The van der Waals surface area contributed by atoms with E-state index >= 15 is 0 Å². The molecule has 1 atom stereocenters. The molecule has 3 nitrogen and oxygen atoms in total. The highest BCUT2D eigenvalue weighted by Crippen LogP contribution is 2.17. The third kappa shape index (κ3) is 4.86. The minimum atomic E-state index is -3.55. The van der Waals surface area contributed by atoms with E-state index in [1.807, 2.05) is 0 Å². The van der Waals surface area contributed by atoms with Gasteiger partial charge in [0.2, 0.25) is 0 Å². The molecule has 3 heteroatoms. The Morgan fingerprint density at radius 1 is 1.87 bits per heavy atom. The predicted octanol–water partition coefficient (Wildman–Crippen LogP) is 3.01. The fraction of sp³-hybridized carbons (Fsp3) is 0.750. The largest absolute Gasteiger partial charge is 0.444 e. The smallest absolute Gasteiger partial charge is 0.407 e. The number of hydrogen-bond donors (Lipinski definition) is 1. The van der Waals surface area contributed by atoms with Gasteiger partial charge in [-0.1, -0.05) is 11.6 Å². The van der Waals surface area contributed by atoms with Gasteiger partial charge in [-0.2, -0.15) is 0 Å². The lowest BCUT2D eigenvalue weighted by molar-refractivity contribution is 0.0501. The molecule has 0 saturated heterocycles. The Bertz CT molecular complexity index is 632. The minimum absolute atomic E-state index is 1.07. The van der Waals surface area contributed by atoms with Crippen LogP contribution >= 0.6 is 0 Å². The maximum atomic E-state index is 12.0. The van der Waals surface area contributed by atoms with Crippen LogP contribution in [0, 0.1) is 0 Å². The van der Waals surface area contributed by atoms with Crippen molar-refractivity contribution in [2.45, 2.75) is 58.4 Å². The Kier molecular flexibility index (Phi) is 1.18. The molecule has 0 bridgehead atoms. The summed E-state index contributed by atoms with van der Waals surface area (Å²) in [5.74, 6) is 0. The Morgan fingerprint density at radius 3 is 3.20 bits per heavy atom. The lowest BCUT2D eigenvalue weighted by Gasteiger charge is -2.25. The summed E-state index contributed by atoms with van der Waals surface area (Å²) in [6.45, 7) is 1.09. The highest BCUT2D eigenvalue weighted by atomic mass is 16.6. The number of carbonyl (C=O) groups is 1. The molecule has 0 unspecified atom stereocenters. The Balaban J connectivity index is 3.65. The van der Waals surface area contributed by atoms with E-state index < -0.39 is 55.3 Å². The first-order valence-corrected chi connectivity index (χ1v) is 4.36. The summed E-state index contributed by atoms with van der Waals surface area (Å²) in [4.78, 5) is 12.0. The van der Waals surface area contributed by atoms with E-state index in [1.165, 1.54) is 20.8 Å². The van der Waals surface area contributed by atoms with Crippen LogP contribution in [0.15, 0.2) is 11.6 Å². The summed E-state index contributed by atoms with van der Waals surface area (Å²) in [5, 5.41) is 1.67. The molecule has 0 aromatic rings. The fourth-order valence-electron chi connectivity index (χ4n) is 0.781. The van der Waals surface area contributed by atoms with Crippen LogP contribution in [-0.4, -0.2) is 17.7 Å². The number of ether oxygens (including phenoxy) is 1. The average molecular weight is 222 g/mol. The standard InChI is InChI=1S/C12H21NO2/c1-9-5-7-10(8-6-9)13-11(14)15-12(2,3)4/h5,10H,6-8H2,1-4H3,(H,13,14)/t10-/m0/s1/i1D3,5D,6D2,7D2,8D2,10D.